The minimum Gasteiger partial charge on any atom is -0.437 e. The van der Waals surface area contributed by atoms with E-state index in [4.69, 9.17) is 21.8 Å². The van der Waals surface area contributed by atoms with E-state index in [0.717, 1.165) is 24.8 Å². The zero-order chi connectivity index (χ0) is 12.8. The van der Waals surface area contributed by atoms with Gasteiger partial charge < -0.3 is 10.2 Å². The number of oxazole rings is 1. The van der Waals surface area contributed by atoms with Gasteiger partial charge in [-0.15, -0.1) is 0 Å². The highest BCUT2D eigenvalue weighted by Crippen LogP contribution is 2.39. The van der Waals surface area contributed by atoms with Crippen LogP contribution in [0.2, 0.25) is 5.02 Å². The van der Waals surface area contributed by atoms with Crippen LogP contribution in [0.4, 0.5) is 0 Å². The predicted molar refractivity (Wildman–Crippen MR) is 72.5 cm³/mol. The summed E-state index contributed by atoms with van der Waals surface area (Å²) in [6.45, 7) is 2.23. The fraction of sp³-hybridized carbons (Fsp3) is 0.500. The number of rotatable bonds is 1. The second kappa shape index (κ2) is 4.25. The van der Waals surface area contributed by atoms with Gasteiger partial charge in [0, 0.05) is 0 Å². The Balaban J connectivity index is 2.06. The van der Waals surface area contributed by atoms with Crippen molar-refractivity contribution in [1.29, 1.82) is 0 Å². The monoisotopic (exact) mass is 264 g/mol. The van der Waals surface area contributed by atoms with Crippen molar-refractivity contribution in [2.45, 2.75) is 38.1 Å². The lowest BCUT2D eigenvalue weighted by Gasteiger charge is -2.33. The highest BCUT2D eigenvalue weighted by Gasteiger charge is 2.37. The van der Waals surface area contributed by atoms with Gasteiger partial charge in [0.25, 0.3) is 0 Å². The Labute approximate surface area is 111 Å². The van der Waals surface area contributed by atoms with Gasteiger partial charge in [-0.2, -0.15) is 0 Å². The number of aromatic nitrogens is 1. The molecule has 1 aromatic carbocycles. The van der Waals surface area contributed by atoms with Crippen LogP contribution in [0.25, 0.3) is 11.1 Å². The number of nitrogens with zero attached hydrogens (tertiary/aromatic N) is 1. The molecule has 96 valence electrons. The van der Waals surface area contributed by atoms with Crippen LogP contribution in [0.15, 0.2) is 22.6 Å². The largest absolute Gasteiger partial charge is 0.437 e. The van der Waals surface area contributed by atoms with Crippen LogP contribution in [0.1, 0.15) is 38.5 Å². The van der Waals surface area contributed by atoms with Crippen molar-refractivity contribution in [1.82, 2.24) is 4.98 Å². The molecule has 0 bridgehead atoms. The van der Waals surface area contributed by atoms with Crippen LogP contribution in [-0.4, -0.2) is 4.98 Å². The molecule has 1 aliphatic rings. The number of benzene rings is 1. The van der Waals surface area contributed by atoms with E-state index in [9.17, 15) is 0 Å². The Kier molecular flexibility index (Phi) is 2.83. The van der Waals surface area contributed by atoms with Gasteiger partial charge in [-0.25, -0.2) is 4.98 Å². The zero-order valence-electron chi connectivity index (χ0n) is 10.4. The average Bonchev–Trinajstić information content (AvgIpc) is 2.75. The van der Waals surface area contributed by atoms with E-state index in [2.05, 4.69) is 11.9 Å². The Bertz CT molecular complexity index is 580. The zero-order valence-corrected chi connectivity index (χ0v) is 11.2. The van der Waals surface area contributed by atoms with E-state index >= 15 is 0 Å². The van der Waals surface area contributed by atoms with Gasteiger partial charge in [0.2, 0.25) is 5.89 Å². The Hall–Kier alpha value is -1.06. The number of nitrogens with two attached hydrogens (primary N) is 1. The molecule has 1 aliphatic carbocycles. The molecule has 0 amide bonds. The van der Waals surface area contributed by atoms with Crippen molar-refractivity contribution in [2.24, 2.45) is 11.7 Å². The molecule has 3 nitrogen and oxygen atoms in total. The summed E-state index contributed by atoms with van der Waals surface area (Å²) in [5, 5.41) is 0.596. The van der Waals surface area contributed by atoms with Crippen LogP contribution < -0.4 is 5.73 Å². The van der Waals surface area contributed by atoms with E-state index in [0.29, 0.717) is 22.4 Å². The van der Waals surface area contributed by atoms with Crippen molar-refractivity contribution in [3.63, 3.8) is 0 Å². The summed E-state index contributed by atoms with van der Waals surface area (Å²) in [5.74, 6) is 1.26. The van der Waals surface area contributed by atoms with Gasteiger partial charge in [-0.3, -0.25) is 0 Å². The molecule has 0 spiro atoms. The van der Waals surface area contributed by atoms with Crippen molar-refractivity contribution in [3.05, 3.63) is 29.1 Å². The Morgan fingerprint density at radius 1 is 1.50 bits per heavy atom. The maximum atomic E-state index is 6.49. The summed E-state index contributed by atoms with van der Waals surface area (Å²) in [6.07, 6.45) is 4.23. The molecule has 0 saturated heterocycles. The fourth-order valence-corrected chi connectivity index (χ4v) is 3.12. The first kappa shape index (κ1) is 12.0. The van der Waals surface area contributed by atoms with Crippen molar-refractivity contribution in [2.75, 3.05) is 0 Å². The van der Waals surface area contributed by atoms with Gasteiger partial charge in [-0.05, 0) is 30.9 Å². The number of halogens is 1. The lowest BCUT2D eigenvalue weighted by atomic mass is 9.77. The molecule has 0 aliphatic heterocycles. The smallest absolute Gasteiger partial charge is 0.215 e. The van der Waals surface area contributed by atoms with Crippen LogP contribution in [0.3, 0.4) is 0 Å². The maximum Gasteiger partial charge on any atom is 0.215 e. The third-order valence-corrected chi connectivity index (χ3v) is 4.12. The van der Waals surface area contributed by atoms with Crippen molar-refractivity contribution < 1.29 is 4.42 Å². The quantitative estimate of drug-likeness (QED) is 0.851. The van der Waals surface area contributed by atoms with Gasteiger partial charge in [0.1, 0.15) is 5.52 Å². The first-order valence-corrected chi connectivity index (χ1v) is 6.81. The number of hydrogen-bond donors (Lipinski definition) is 1. The van der Waals surface area contributed by atoms with Gasteiger partial charge in [0.15, 0.2) is 5.58 Å². The molecule has 1 aromatic heterocycles. The van der Waals surface area contributed by atoms with Gasteiger partial charge in [-0.1, -0.05) is 37.4 Å². The first-order chi connectivity index (χ1) is 8.58. The molecule has 2 N–H and O–H groups in total. The lowest BCUT2D eigenvalue weighted by Crippen LogP contribution is -2.41. The van der Waals surface area contributed by atoms with E-state index in [1.165, 1.54) is 6.42 Å². The van der Waals surface area contributed by atoms with Crippen molar-refractivity contribution >= 4 is 22.7 Å². The highest BCUT2D eigenvalue weighted by atomic mass is 35.5. The standard InChI is InChI=1S/C14H17ClN2O/c1-9-4-3-7-14(16,8-9)13-17-11-6-2-5-10(15)12(11)18-13/h2,5-6,9H,3-4,7-8,16H2,1H3. The second-order valence-electron chi connectivity index (χ2n) is 5.46. The van der Waals surface area contributed by atoms with Crippen LogP contribution in [0, 0.1) is 5.92 Å². The number of para-hydroxylation sites is 1. The number of fused-ring (bicyclic) bond motifs is 1. The molecule has 2 unspecified atom stereocenters. The minimum absolute atomic E-state index is 0.431. The highest BCUT2D eigenvalue weighted by molar-refractivity contribution is 6.34. The molecular weight excluding hydrogens is 248 g/mol. The van der Waals surface area contributed by atoms with Crippen molar-refractivity contribution in [3.8, 4) is 0 Å². The predicted octanol–water partition coefficient (Wildman–Crippen LogP) is 3.85. The lowest BCUT2D eigenvalue weighted by molar-refractivity contribution is 0.201. The summed E-state index contributed by atoms with van der Waals surface area (Å²) >= 11 is 6.11. The Morgan fingerprint density at radius 3 is 3.06 bits per heavy atom. The maximum absolute atomic E-state index is 6.49. The van der Waals surface area contributed by atoms with E-state index in [1.807, 2.05) is 18.2 Å². The molecule has 1 saturated carbocycles. The summed E-state index contributed by atoms with van der Waals surface area (Å²) in [7, 11) is 0. The molecule has 2 atom stereocenters. The van der Waals surface area contributed by atoms with Gasteiger partial charge >= 0.3 is 0 Å². The molecule has 1 heterocycles. The molecular formula is C14H17ClN2O. The molecule has 3 rings (SSSR count). The topological polar surface area (TPSA) is 52.0 Å². The van der Waals surface area contributed by atoms with E-state index in [-0.39, 0.29) is 0 Å². The van der Waals surface area contributed by atoms with Crippen LogP contribution in [-0.2, 0) is 5.54 Å². The Morgan fingerprint density at radius 2 is 2.33 bits per heavy atom. The molecule has 2 aromatic rings. The third kappa shape index (κ3) is 1.91. The van der Waals surface area contributed by atoms with Crippen LogP contribution >= 0.6 is 11.6 Å². The summed E-state index contributed by atoms with van der Waals surface area (Å²) in [6, 6.07) is 5.60. The molecule has 4 heteroatoms. The third-order valence-electron chi connectivity index (χ3n) is 3.83. The summed E-state index contributed by atoms with van der Waals surface area (Å²) in [5.41, 5.74) is 7.50. The normalized spacial score (nSPS) is 28.7. The average molecular weight is 265 g/mol. The fourth-order valence-electron chi connectivity index (χ4n) is 2.91. The van der Waals surface area contributed by atoms with E-state index in [1.54, 1.807) is 0 Å². The molecule has 18 heavy (non-hydrogen) atoms. The number of hydrogen-bond acceptors (Lipinski definition) is 3. The second-order valence-corrected chi connectivity index (χ2v) is 5.87. The van der Waals surface area contributed by atoms with Gasteiger partial charge in [0.05, 0.1) is 10.6 Å². The summed E-state index contributed by atoms with van der Waals surface area (Å²) in [4.78, 5) is 4.53. The minimum atomic E-state index is -0.431. The van der Waals surface area contributed by atoms with Crippen LogP contribution in [0.5, 0.6) is 0 Å². The SMILES string of the molecule is CC1CCCC(N)(c2nc3cccc(Cl)c3o2)C1. The first-order valence-electron chi connectivity index (χ1n) is 6.43. The van der Waals surface area contributed by atoms with E-state index < -0.39 is 5.54 Å². The summed E-state index contributed by atoms with van der Waals surface area (Å²) < 4.78 is 5.82. The molecule has 0 radical (unpaired) electrons. The molecule has 1 fully saturated rings.